The van der Waals surface area contributed by atoms with Gasteiger partial charge in [-0.2, -0.15) is 8.42 Å². The number of hydrogen-bond donors (Lipinski definition) is 3. The molecule has 7 heteroatoms. The number of hydrogen-bond acceptors (Lipinski definition) is 3. The second-order valence-corrected chi connectivity index (χ2v) is 5.05. The summed E-state index contributed by atoms with van der Waals surface area (Å²) in [7, 11) is -0.766. The molecule has 88 valence electrons. The first kappa shape index (κ1) is 12.5. The van der Waals surface area contributed by atoms with Gasteiger partial charge in [-0.25, -0.2) is 4.72 Å². The van der Waals surface area contributed by atoms with Gasteiger partial charge in [-0.3, -0.25) is 9.71 Å². The highest BCUT2D eigenvalue weighted by molar-refractivity contribution is 7.90. The fourth-order valence-corrected chi connectivity index (χ4v) is 1.81. The number of rotatable bonds is 4. The Morgan fingerprint density at radius 3 is 2.62 bits per heavy atom. The number of benzene rings is 1. The lowest BCUT2D eigenvalue weighted by Crippen LogP contribution is -2.36. The van der Waals surface area contributed by atoms with Gasteiger partial charge in [0.25, 0.3) is 0 Å². The Morgan fingerprint density at radius 1 is 1.50 bits per heavy atom. The van der Waals surface area contributed by atoms with E-state index in [1.54, 1.807) is 18.2 Å². The first-order chi connectivity index (χ1) is 7.38. The quantitative estimate of drug-likeness (QED) is 0.506. The zero-order chi connectivity index (χ0) is 12.3. The third kappa shape index (κ3) is 2.50. The van der Waals surface area contributed by atoms with E-state index in [1.165, 1.54) is 20.2 Å². The molecule has 0 unspecified atom stereocenters. The zero-order valence-corrected chi connectivity index (χ0v) is 9.88. The van der Waals surface area contributed by atoms with Crippen LogP contribution in [0.4, 0.5) is 5.69 Å². The second-order valence-electron chi connectivity index (χ2n) is 3.14. The van der Waals surface area contributed by atoms with Crippen LogP contribution in [0.1, 0.15) is 5.56 Å². The summed E-state index contributed by atoms with van der Waals surface area (Å²) in [5.41, 5.74) is 6.25. The molecule has 0 fully saturated rings. The Bertz CT molecular complexity index is 498. The minimum absolute atomic E-state index is 0.0999. The molecule has 0 aliphatic carbocycles. The Labute approximate surface area is 94.8 Å². The third-order valence-corrected chi connectivity index (χ3v) is 3.59. The summed E-state index contributed by atoms with van der Waals surface area (Å²) in [6, 6.07) is 6.46. The lowest BCUT2D eigenvalue weighted by Gasteiger charge is -2.18. The number of nitrogens with one attached hydrogen (secondary N) is 2. The summed E-state index contributed by atoms with van der Waals surface area (Å²) in [5.74, 6) is -0.0999. The van der Waals surface area contributed by atoms with E-state index < -0.39 is 10.2 Å². The van der Waals surface area contributed by atoms with Crippen LogP contribution in [0.5, 0.6) is 0 Å². The zero-order valence-electron chi connectivity index (χ0n) is 9.06. The van der Waals surface area contributed by atoms with Crippen molar-refractivity contribution in [3.63, 3.8) is 0 Å². The molecule has 0 saturated carbocycles. The molecule has 0 aliphatic heterocycles. The highest BCUT2D eigenvalue weighted by Crippen LogP contribution is 2.16. The van der Waals surface area contributed by atoms with Crippen molar-refractivity contribution in [2.45, 2.75) is 0 Å². The van der Waals surface area contributed by atoms with Gasteiger partial charge in [0, 0.05) is 19.7 Å². The molecular weight excluding hydrogens is 228 g/mol. The van der Waals surface area contributed by atoms with Crippen molar-refractivity contribution in [1.29, 1.82) is 5.41 Å². The predicted octanol–water partition coefficient (Wildman–Crippen LogP) is -0.129. The summed E-state index contributed by atoms with van der Waals surface area (Å²) in [6.07, 6.45) is 0. The van der Waals surface area contributed by atoms with Crippen LogP contribution in [0, 0.1) is 5.41 Å². The Balaban J connectivity index is 3.15. The molecule has 0 bridgehead atoms. The van der Waals surface area contributed by atoms with E-state index in [2.05, 4.69) is 4.72 Å². The lowest BCUT2D eigenvalue weighted by molar-refractivity contribution is 0.586. The summed E-state index contributed by atoms with van der Waals surface area (Å²) in [6.45, 7) is 0. The molecule has 0 aromatic heterocycles. The fourth-order valence-electron chi connectivity index (χ4n) is 1.15. The number of anilines is 1. The lowest BCUT2D eigenvalue weighted by atomic mass is 10.2. The van der Waals surface area contributed by atoms with Gasteiger partial charge in [0.2, 0.25) is 0 Å². The van der Waals surface area contributed by atoms with Crippen molar-refractivity contribution in [1.82, 2.24) is 4.72 Å². The fraction of sp³-hybridized carbons (Fsp3) is 0.222. The smallest absolute Gasteiger partial charge is 0.301 e. The average Bonchev–Trinajstić information content (AvgIpc) is 2.28. The first-order valence-electron chi connectivity index (χ1n) is 4.50. The maximum Gasteiger partial charge on any atom is 0.301 e. The van der Waals surface area contributed by atoms with E-state index in [1.807, 2.05) is 0 Å². The van der Waals surface area contributed by atoms with Crippen molar-refractivity contribution in [2.75, 3.05) is 18.4 Å². The molecule has 0 atom stereocenters. The molecule has 1 rings (SSSR count). The van der Waals surface area contributed by atoms with E-state index >= 15 is 0 Å². The van der Waals surface area contributed by atoms with E-state index in [-0.39, 0.29) is 5.84 Å². The summed E-state index contributed by atoms with van der Waals surface area (Å²) < 4.78 is 26.3. The van der Waals surface area contributed by atoms with Gasteiger partial charge in [0.05, 0.1) is 5.69 Å². The Morgan fingerprint density at radius 2 is 2.12 bits per heavy atom. The van der Waals surface area contributed by atoms with Crippen LogP contribution in [0.25, 0.3) is 0 Å². The molecule has 0 spiro atoms. The van der Waals surface area contributed by atoms with Crippen LogP contribution in [0.15, 0.2) is 24.3 Å². The van der Waals surface area contributed by atoms with Gasteiger partial charge in [-0.05, 0) is 12.1 Å². The van der Waals surface area contributed by atoms with Gasteiger partial charge >= 0.3 is 10.2 Å². The van der Waals surface area contributed by atoms with Crippen molar-refractivity contribution < 1.29 is 8.42 Å². The highest BCUT2D eigenvalue weighted by Gasteiger charge is 2.15. The van der Waals surface area contributed by atoms with Gasteiger partial charge in [-0.1, -0.05) is 12.1 Å². The van der Waals surface area contributed by atoms with Crippen molar-refractivity contribution >= 4 is 21.7 Å². The summed E-state index contributed by atoms with van der Waals surface area (Å²) in [4.78, 5) is 0. The first-order valence-corrected chi connectivity index (χ1v) is 5.94. The monoisotopic (exact) mass is 242 g/mol. The molecule has 0 aliphatic rings. The minimum Gasteiger partial charge on any atom is -0.384 e. The highest BCUT2D eigenvalue weighted by atomic mass is 32.2. The Hall–Kier alpha value is -1.60. The minimum atomic E-state index is -3.52. The van der Waals surface area contributed by atoms with E-state index in [0.29, 0.717) is 11.3 Å². The average molecular weight is 242 g/mol. The van der Waals surface area contributed by atoms with Crippen molar-refractivity contribution in [3.05, 3.63) is 29.8 Å². The molecule has 6 nitrogen and oxygen atoms in total. The number of nitrogen functional groups attached to an aromatic ring is 1. The van der Waals surface area contributed by atoms with Crippen LogP contribution in [0.3, 0.4) is 0 Å². The van der Waals surface area contributed by atoms with E-state index in [4.69, 9.17) is 11.1 Å². The Kier molecular flexibility index (Phi) is 3.51. The van der Waals surface area contributed by atoms with Crippen LogP contribution >= 0.6 is 0 Å². The normalized spacial score (nSPS) is 11.1. The van der Waals surface area contributed by atoms with Crippen molar-refractivity contribution in [2.24, 2.45) is 5.73 Å². The van der Waals surface area contributed by atoms with Crippen molar-refractivity contribution in [3.8, 4) is 0 Å². The second kappa shape index (κ2) is 4.50. The summed E-state index contributed by atoms with van der Waals surface area (Å²) >= 11 is 0. The standard InChI is InChI=1S/C9H14N4O2S/c1-12-16(14,15)13(2)8-5-3-4-7(6-8)9(10)11/h3-6,12H,1-2H3,(H3,10,11). The molecule has 0 amide bonds. The van der Waals surface area contributed by atoms with Crippen LogP contribution in [-0.4, -0.2) is 28.3 Å². The number of nitrogens with zero attached hydrogens (tertiary/aromatic N) is 1. The van der Waals surface area contributed by atoms with Crippen LogP contribution < -0.4 is 14.8 Å². The molecule has 0 radical (unpaired) electrons. The van der Waals surface area contributed by atoms with E-state index in [0.717, 1.165) is 4.31 Å². The molecule has 16 heavy (non-hydrogen) atoms. The SMILES string of the molecule is CNS(=O)(=O)N(C)c1cccc(C(=N)N)c1. The molecular formula is C9H14N4O2S. The third-order valence-electron chi connectivity index (χ3n) is 2.14. The molecule has 1 aromatic rings. The maximum atomic E-state index is 11.5. The summed E-state index contributed by atoms with van der Waals surface area (Å²) in [5, 5.41) is 7.27. The molecule has 4 N–H and O–H groups in total. The number of nitrogens with two attached hydrogens (primary N) is 1. The van der Waals surface area contributed by atoms with Gasteiger partial charge in [0.15, 0.2) is 0 Å². The van der Waals surface area contributed by atoms with Gasteiger partial charge in [-0.15, -0.1) is 0 Å². The van der Waals surface area contributed by atoms with Crippen LogP contribution in [-0.2, 0) is 10.2 Å². The molecule has 1 aromatic carbocycles. The van der Waals surface area contributed by atoms with Crippen LogP contribution in [0.2, 0.25) is 0 Å². The van der Waals surface area contributed by atoms with E-state index in [9.17, 15) is 8.42 Å². The topological polar surface area (TPSA) is 99.3 Å². The van der Waals surface area contributed by atoms with Gasteiger partial charge < -0.3 is 5.73 Å². The van der Waals surface area contributed by atoms with Gasteiger partial charge in [0.1, 0.15) is 5.84 Å². The number of amidine groups is 1. The molecule has 0 saturated heterocycles. The predicted molar refractivity (Wildman–Crippen MR) is 63.8 cm³/mol. The molecule has 0 heterocycles. The largest absolute Gasteiger partial charge is 0.384 e. The maximum absolute atomic E-state index is 11.5.